The van der Waals surface area contributed by atoms with Crippen LogP contribution in [0.15, 0.2) is 45.3 Å². The molecule has 5 nitrogen and oxygen atoms in total. The fraction of sp³-hybridized carbons (Fsp3) is 0.125. The summed E-state index contributed by atoms with van der Waals surface area (Å²) >= 11 is 6.66. The molecule has 1 aliphatic rings. The molecule has 7 heteroatoms. The van der Waals surface area contributed by atoms with E-state index >= 15 is 0 Å². The molecule has 0 saturated heterocycles. The van der Waals surface area contributed by atoms with Gasteiger partial charge in [-0.25, -0.2) is 4.79 Å². The highest BCUT2D eigenvalue weighted by molar-refractivity contribution is 9.11. The molecule has 0 fully saturated rings. The molecule has 2 aromatic rings. The summed E-state index contributed by atoms with van der Waals surface area (Å²) in [7, 11) is 0. The summed E-state index contributed by atoms with van der Waals surface area (Å²) in [5.41, 5.74) is 0.984. The second kappa shape index (κ2) is 6.07. The van der Waals surface area contributed by atoms with Gasteiger partial charge in [-0.3, -0.25) is 4.79 Å². The second-order valence-electron chi connectivity index (χ2n) is 5.04. The second-order valence-corrected chi connectivity index (χ2v) is 6.81. The molecule has 0 aliphatic carbocycles. The summed E-state index contributed by atoms with van der Waals surface area (Å²) in [6.07, 6.45) is -2.30. The van der Waals surface area contributed by atoms with Gasteiger partial charge < -0.3 is 14.9 Å². The number of benzene rings is 2. The van der Waals surface area contributed by atoms with Crippen LogP contribution in [-0.2, 0) is 4.79 Å². The maximum atomic E-state index is 12.4. The van der Waals surface area contributed by atoms with Crippen molar-refractivity contribution in [3.63, 3.8) is 0 Å². The number of carbonyl (C=O) groups is 2. The fourth-order valence-electron chi connectivity index (χ4n) is 2.41. The van der Waals surface area contributed by atoms with Gasteiger partial charge in [-0.2, -0.15) is 0 Å². The van der Waals surface area contributed by atoms with Crippen molar-refractivity contribution in [1.29, 1.82) is 0 Å². The van der Waals surface area contributed by atoms with Gasteiger partial charge >= 0.3 is 5.97 Å². The van der Waals surface area contributed by atoms with Crippen LogP contribution in [0.1, 0.15) is 33.7 Å². The van der Waals surface area contributed by atoms with Crippen LogP contribution in [0.4, 0.5) is 0 Å². The number of ether oxygens (including phenoxy) is 1. The lowest BCUT2D eigenvalue weighted by Crippen LogP contribution is -2.30. The Bertz CT molecular complexity index is 801. The van der Waals surface area contributed by atoms with Crippen LogP contribution in [-0.4, -0.2) is 22.0 Å². The first-order valence-corrected chi connectivity index (χ1v) is 8.17. The third-order valence-corrected chi connectivity index (χ3v) is 4.60. The lowest BCUT2D eigenvalue weighted by molar-refractivity contribution is -0.137. The molecule has 23 heavy (non-hydrogen) atoms. The first-order valence-electron chi connectivity index (χ1n) is 6.59. The minimum absolute atomic E-state index is 0.114. The minimum atomic E-state index is -1.31. The van der Waals surface area contributed by atoms with Crippen LogP contribution >= 0.6 is 31.9 Å². The molecule has 2 unspecified atom stereocenters. The van der Waals surface area contributed by atoms with Crippen molar-refractivity contribution in [2.75, 3.05) is 0 Å². The molecule has 0 spiro atoms. The zero-order valence-electron chi connectivity index (χ0n) is 11.5. The monoisotopic (exact) mass is 440 g/mol. The molecule has 3 rings (SSSR count). The van der Waals surface area contributed by atoms with Crippen molar-refractivity contribution in [2.24, 2.45) is 0 Å². The molecule has 1 aliphatic heterocycles. The van der Waals surface area contributed by atoms with E-state index in [1.807, 2.05) is 0 Å². The Morgan fingerprint density at radius 2 is 1.78 bits per heavy atom. The normalized spacial score (nSPS) is 19.9. The van der Waals surface area contributed by atoms with E-state index in [0.29, 0.717) is 25.8 Å². The Morgan fingerprint density at radius 3 is 2.39 bits per heavy atom. The van der Waals surface area contributed by atoms with Gasteiger partial charge in [0.15, 0.2) is 6.10 Å². The summed E-state index contributed by atoms with van der Waals surface area (Å²) in [4.78, 5) is 23.3. The van der Waals surface area contributed by atoms with Gasteiger partial charge in [0.05, 0.1) is 10.0 Å². The molecular formula is C16H10Br2O5. The van der Waals surface area contributed by atoms with Crippen LogP contribution in [0, 0.1) is 0 Å². The SMILES string of the molecule is O=C(O)c1ccc(C2Oc3c(Br)cc(Br)cc3C(O)C2=O)cc1. The number of carboxylic acids is 1. The third kappa shape index (κ3) is 2.91. The Kier molecular flexibility index (Phi) is 4.27. The Hall–Kier alpha value is -1.70. The summed E-state index contributed by atoms with van der Waals surface area (Å²) in [5, 5.41) is 19.2. The van der Waals surface area contributed by atoms with Crippen LogP contribution < -0.4 is 4.74 Å². The number of carbonyl (C=O) groups excluding carboxylic acids is 1. The van der Waals surface area contributed by atoms with Crippen molar-refractivity contribution < 1.29 is 24.5 Å². The summed E-state index contributed by atoms with van der Waals surface area (Å²) in [6, 6.07) is 9.20. The number of hydrogen-bond donors (Lipinski definition) is 2. The maximum Gasteiger partial charge on any atom is 0.335 e. The quantitative estimate of drug-likeness (QED) is 0.743. The number of aromatic carboxylic acids is 1. The lowest BCUT2D eigenvalue weighted by atomic mass is 9.93. The molecule has 0 radical (unpaired) electrons. The van der Waals surface area contributed by atoms with Gasteiger partial charge in [0.1, 0.15) is 11.9 Å². The fourth-order valence-corrected chi connectivity index (χ4v) is 3.76. The summed E-state index contributed by atoms with van der Waals surface area (Å²) < 4.78 is 7.08. The number of rotatable bonds is 2. The first-order chi connectivity index (χ1) is 10.9. The molecule has 2 atom stereocenters. The Labute approximate surface area is 148 Å². The topological polar surface area (TPSA) is 83.8 Å². The zero-order chi connectivity index (χ0) is 16.7. The molecule has 0 amide bonds. The van der Waals surface area contributed by atoms with Gasteiger partial charge in [-0.1, -0.05) is 28.1 Å². The molecule has 0 saturated carbocycles. The van der Waals surface area contributed by atoms with E-state index in [0.717, 1.165) is 0 Å². The molecular weight excluding hydrogens is 432 g/mol. The van der Waals surface area contributed by atoms with Crippen molar-refractivity contribution >= 4 is 43.6 Å². The summed E-state index contributed by atoms with van der Waals surface area (Å²) in [6.45, 7) is 0. The number of Topliss-reactive ketones (excluding diaryl/α,β-unsaturated/α-hetero) is 1. The number of aliphatic hydroxyl groups excluding tert-OH is 1. The number of ketones is 1. The van der Waals surface area contributed by atoms with E-state index < -0.39 is 24.0 Å². The van der Waals surface area contributed by atoms with E-state index in [2.05, 4.69) is 31.9 Å². The van der Waals surface area contributed by atoms with Crippen molar-refractivity contribution in [3.8, 4) is 5.75 Å². The zero-order valence-corrected chi connectivity index (χ0v) is 14.7. The first kappa shape index (κ1) is 16.2. The Morgan fingerprint density at radius 1 is 1.13 bits per heavy atom. The minimum Gasteiger partial charge on any atom is -0.478 e. The predicted molar refractivity (Wildman–Crippen MR) is 88.6 cm³/mol. The maximum absolute atomic E-state index is 12.4. The number of aliphatic hydroxyl groups is 1. The molecule has 118 valence electrons. The van der Waals surface area contributed by atoms with Crippen LogP contribution in [0.25, 0.3) is 0 Å². The largest absolute Gasteiger partial charge is 0.478 e. The van der Waals surface area contributed by atoms with Crippen LogP contribution in [0.5, 0.6) is 5.75 Å². The lowest BCUT2D eigenvalue weighted by Gasteiger charge is -2.29. The number of hydrogen-bond acceptors (Lipinski definition) is 4. The van der Waals surface area contributed by atoms with E-state index in [9.17, 15) is 14.7 Å². The molecule has 1 heterocycles. The van der Waals surface area contributed by atoms with Crippen LogP contribution in [0.3, 0.4) is 0 Å². The number of halogens is 2. The van der Waals surface area contributed by atoms with Gasteiger partial charge in [-0.15, -0.1) is 0 Å². The Balaban J connectivity index is 2.02. The highest BCUT2D eigenvalue weighted by atomic mass is 79.9. The van der Waals surface area contributed by atoms with Gasteiger partial charge in [0.2, 0.25) is 5.78 Å². The average molecular weight is 442 g/mol. The van der Waals surface area contributed by atoms with Gasteiger partial charge in [0, 0.05) is 15.6 Å². The van der Waals surface area contributed by atoms with E-state index in [4.69, 9.17) is 9.84 Å². The van der Waals surface area contributed by atoms with E-state index in [-0.39, 0.29) is 5.56 Å². The van der Waals surface area contributed by atoms with Crippen molar-refractivity contribution in [1.82, 2.24) is 0 Å². The molecule has 0 aromatic heterocycles. The van der Waals surface area contributed by atoms with Crippen molar-refractivity contribution in [3.05, 3.63) is 62.0 Å². The standard InChI is InChI=1S/C16H10Br2O5/c17-9-5-10-12(19)13(20)14(23-15(10)11(18)6-9)7-1-3-8(4-2-7)16(21)22/h1-6,12,14,19H,(H,21,22). The molecule has 2 N–H and O–H groups in total. The van der Waals surface area contributed by atoms with Crippen LogP contribution in [0.2, 0.25) is 0 Å². The third-order valence-electron chi connectivity index (χ3n) is 3.56. The smallest absolute Gasteiger partial charge is 0.335 e. The predicted octanol–water partition coefficient (Wildman–Crippen LogP) is 3.65. The molecule has 2 aromatic carbocycles. The average Bonchev–Trinajstić information content (AvgIpc) is 2.51. The van der Waals surface area contributed by atoms with E-state index in [1.165, 1.54) is 24.3 Å². The van der Waals surface area contributed by atoms with Crippen molar-refractivity contribution in [2.45, 2.75) is 12.2 Å². The highest BCUT2D eigenvalue weighted by Gasteiger charge is 2.37. The van der Waals surface area contributed by atoms with Gasteiger partial charge in [0.25, 0.3) is 0 Å². The highest BCUT2D eigenvalue weighted by Crippen LogP contribution is 2.44. The number of carboxylic acid groups (broad SMARTS) is 1. The number of fused-ring (bicyclic) bond motifs is 1. The van der Waals surface area contributed by atoms with E-state index in [1.54, 1.807) is 12.1 Å². The molecule has 0 bridgehead atoms. The summed E-state index contributed by atoms with van der Waals surface area (Å²) in [5.74, 6) is -1.15. The van der Waals surface area contributed by atoms with Gasteiger partial charge in [-0.05, 0) is 40.2 Å².